The van der Waals surface area contributed by atoms with Gasteiger partial charge in [-0.25, -0.2) is 8.42 Å². The van der Waals surface area contributed by atoms with Gasteiger partial charge in [-0.2, -0.15) is 4.31 Å². The number of nitrogens with zero attached hydrogens (tertiary/aromatic N) is 2. The van der Waals surface area contributed by atoms with E-state index in [0.29, 0.717) is 11.6 Å². The van der Waals surface area contributed by atoms with Gasteiger partial charge in [0, 0.05) is 25.8 Å². The summed E-state index contributed by atoms with van der Waals surface area (Å²) in [5, 5.41) is 0. The topological polar surface area (TPSA) is 76.3 Å². The molecule has 2 N–H and O–H groups in total. The van der Waals surface area contributed by atoms with E-state index in [1.165, 1.54) is 4.31 Å². The Hall–Kier alpha value is -0.980. The maximum absolute atomic E-state index is 12.5. The quantitative estimate of drug-likeness (QED) is 0.863. The maximum atomic E-state index is 12.5. The molecular formula is C12H19N3O2S. The van der Waals surface area contributed by atoms with E-state index in [-0.39, 0.29) is 17.5 Å². The Labute approximate surface area is 108 Å². The fourth-order valence-corrected chi connectivity index (χ4v) is 3.67. The molecule has 1 heterocycles. The molecule has 18 heavy (non-hydrogen) atoms. The fraction of sp³-hybridized carbons (Fsp3) is 0.583. The number of pyridine rings is 1. The van der Waals surface area contributed by atoms with Crippen LogP contribution in [-0.2, 0) is 16.6 Å². The first-order valence-electron chi connectivity index (χ1n) is 6.10. The van der Waals surface area contributed by atoms with Crippen LogP contribution in [0.3, 0.4) is 0 Å². The van der Waals surface area contributed by atoms with Crippen molar-refractivity contribution in [2.45, 2.75) is 37.2 Å². The lowest BCUT2D eigenvalue weighted by atomic mass is 10.2. The lowest BCUT2D eigenvalue weighted by Crippen LogP contribution is -2.37. The highest BCUT2D eigenvalue weighted by Crippen LogP contribution is 2.36. The average molecular weight is 269 g/mol. The molecule has 0 spiro atoms. The standard InChI is InChI=1S/C12H19N3O2S/c1-9(10-5-6-10)15(2)18(16,17)12-4-3-7-14-11(12)8-13/h3-4,7,9-10H,5-6,8,13H2,1-2H3. The van der Waals surface area contributed by atoms with Crippen molar-refractivity contribution in [3.05, 3.63) is 24.0 Å². The van der Waals surface area contributed by atoms with E-state index in [1.807, 2.05) is 6.92 Å². The van der Waals surface area contributed by atoms with Crippen molar-refractivity contribution in [2.24, 2.45) is 11.7 Å². The van der Waals surface area contributed by atoms with E-state index in [1.54, 1.807) is 25.4 Å². The normalized spacial score (nSPS) is 18.0. The van der Waals surface area contributed by atoms with Crippen molar-refractivity contribution >= 4 is 10.0 Å². The Balaban J connectivity index is 2.34. The Morgan fingerprint density at radius 2 is 2.22 bits per heavy atom. The van der Waals surface area contributed by atoms with Gasteiger partial charge < -0.3 is 5.73 Å². The van der Waals surface area contributed by atoms with Crippen LogP contribution in [0.25, 0.3) is 0 Å². The van der Waals surface area contributed by atoms with Crippen LogP contribution in [0.4, 0.5) is 0 Å². The van der Waals surface area contributed by atoms with E-state index in [0.717, 1.165) is 12.8 Å². The molecule has 1 aliphatic carbocycles. The van der Waals surface area contributed by atoms with Gasteiger partial charge >= 0.3 is 0 Å². The summed E-state index contributed by atoms with van der Waals surface area (Å²) >= 11 is 0. The zero-order chi connectivity index (χ0) is 13.3. The van der Waals surface area contributed by atoms with Crippen LogP contribution in [0.15, 0.2) is 23.2 Å². The highest BCUT2D eigenvalue weighted by atomic mass is 32.2. The third-order valence-electron chi connectivity index (χ3n) is 3.58. The second-order valence-corrected chi connectivity index (χ2v) is 6.72. The Bertz CT molecular complexity index is 526. The molecule has 0 amide bonds. The molecule has 1 aromatic rings. The Kier molecular flexibility index (Phi) is 3.70. The predicted molar refractivity (Wildman–Crippen MR) is 69.3 cm³/mol. The van der Waals surface area contributed by atoms with Crippen molar-refractivity contribution in [3.63, 3.8) is 0 Å². The predicted octanol–water partition coefficient (Wildman–Crippen LogP) is 0.959. The molecule has 6 heteroatoms. The molecular weight excluding hydrogens is 250 g/mol. The van der Waals surface area contributed by atoms with Gasteiger partial charge in [0.2, 0.25) is 10.0 Å². The van der Waals surface area contributed by atoms with Crippen molar-refractivity contribution < 1.29 is 8.42 Å². The Morgan fingerprint density at radius 3 is 2.78 bits per heavy atom. The minimum absolute atomic E-state index is 0.0285. The molecule has 1 unspecified atom stereocenters. The summed E-state index contributed by atoms with van der Waals surface area (Å²) < 4.78 is 26.5. The first-order chi connectivity index (χ1) is 8.48. The Morgan fingerprint density at radius 1 is 1.56 bits per heavy atom. The second kappa shape index (κ2) is 4.95. The van der Waals surface area contributed by atoms with Crippen molar-refractivity contribution in [3.8, 4) is 0 Å². The molecule has 0 radical (unpaired) electrons. The van der Waals surface area contributed by atoms with E-state index in [9.17, 15) is 8.42 Å². The minimum Gasteiger partial charge on any atom is -0.325 e. The van der Waals surface area contributed by atoms with Crippen LogP contribution in [0.2, 0.25) is 0 Å². The van der Waals surface area contributed by atoms with Gasteiger partial charge in [0.05, 0.1) is 5.69 Å². The molecule has 1 atom stereocenters. The summed E-state index contributed by atoms with van der Waals surface area (Å²) in [6.07, 6.45) is 3.78. The summed E-state index contributed by atoms with van der Waals surface area (Å²) in [6, 6.07) is 3.23. The molecule has 5 nitrogen and oxygen atoms in total. The largest absolute Gasteiger partial charge is 0.325 e. The molecule has 1 fully saturated rings. The van der Waals surface area contributed by atoms with E-state index in [2.05, 4.69) is 4.98 Å². The number of nitrogens with two attached hydrogens (primary N) is 1. The summed E-state index contributed by atoms with van der Waals surface area (Å²) in [6.45, 7) is 2.08. The zero-order valence-corrected chi connectivity index (χ0v) is 11.5. The molecule has 0 bridgehead atoms. The van der Waals surface area contributed by atoms with Gasteiger partial charge in [-0.3, -0.25) is 4.98 Å². The lowest BCUT2D eigenvalue weighted by Gasteiger charge is -2.24. The van der Waals surface area contributed by atoms with Crippen LogP contribution >= 0.6 is 0 Å². The summed E-state index contributed by atoms with van der Waals surface area (Å²) in [5.74, 6) is 0.489. The third-order valence-corrected chi connectivity index (χ3v) is 5.59. The monoisotopic (exact) mass is 269 g/mol. The van der Waals surface area contributed by atoms with Gasteiger partial charge in [-0.1, -0.05) is 0 Å². The maximum Gasteiger partial charge on any atom is 0.244 e. The van der Waals surface area contributed by atoms with Crippen molar-refractivity contribution in [1.29, 1.82) is 0 Å². The third kappa shape index (κ3) is 2.41. The summed E-state index contributed by atoms with van der Waals surface area (Å²) in [7, 11) is -1.86. The van der Waals surface area contributed by atoms with Gasteiger partial charge in [0.15, 0.2) is 0 Å². The first-order valence-corrected chi connectivity index (χ1v) is 7.54. The first kappa shape index (κ1) is 13.5. The number of hydrogen-bond acceptors (Lipinski definition) is 4. The zero-order valence-electron chi connectivity index (χ0n) is 10.7. The van der Waals surface area contributed by atoms with Gasteiger partial charge in [0.25, 0.3) is 0 Å². The van der Waals surface area contributed by atoms with Crippen LogP contribution in [-0.4, -0.2) is 30.8 Å². The van der Waals surface area contributed by atoms with Crippen molar-refractivity contribution in [1.82, 2.24) is 9.29 Å². The SMILES string of the molecule is CC(C1CC1)N(C)S(=O)(=O)c1cccnc1CN. The molecule has 100 valence electrons. The molecule has 0 saturated heterocycles. The van der Waals surface area contributed by atoms with Crippen LogP contribution in [0.1, 0.15) is 25.5 Å². The number of sulfonamides is 1. The van der Waals surface area contributed by atoms with Gasteiger partial charge in [0.1, 0.15) is 4.90 Å². The highest BCUT2D eigenvalue weighted by Gasteiger charge is 2.36. The van der Waals surface area contributed by atoms with E-state index >= 15 is 0 Å². The number of rotatable bonds is 5. The summed E-state index contributed by atoms with van der Waals surface area (Å²) in [4.78, 5) is 4.26. The van der Waals surface area contributed by atoms with Gasteiger partial charge in [-0.05, 0) is 37.8 Å². The molecule has 1 aliphatic rings. The number of hydrogen-bond donors (Lipinski definition) is 1. The fourth-order valence-electron chi connectivity index (χ4n) is 2.06. The van der Waals surface area contributed by atoms with E-state index < -0.39 is 10.0 Å². The second-order valence-electron chi connectivity index (χ2n) is 4.75. The van der Waals surface area contributed by atoms with Crippen LogP contribution < -0.4 is 5.73 Å². The smallest absolute Gasteiger partial charge is 0.244 e. The highest BCUT2D eigenvalue weighted by molar-refractivity contribution is 7.89. The van der Waals surface area contributed by atoms with Crippen molar-refractivity contribution in [2.75, 3.05) is 7.05 Å². The summed E-state index contributed by atoms with van der Waals surface area (Å²) in [5.41, 5.74) is 5.97. The van der Waals surface area contributed by atoms with Crippen LogP contribution in [0, 0.1) is 5.92 Å². The van der Waals surface area contributed by atoms with E-state index in [4.69, 9.17) is 5.73 Å². The lowest BCUT2D eigenvalue weighted by molar-refractivity contribution is 0.356. The average Bonchev–Trinajstić information content (AvgIpc) is 3.21. The molecule has 0 aromatic carbocycles. The minimum atomic E-state index is -3.50. The molecule has 1 saturated carbocycles. The molecule has 2 rings (SSSR count). The van der Waals surface area contributed by atoms with Crippen LogP contribution in [0.5, 0.6) is 0 Å². The molecule has 0 aliphatic heterocycles. The molecule has 1 aromatic heterocycles. The number of aromatic nitrogens is 1. The van der Waals surface area contributed by atoms with Gasteiger partial charge in [-0.15, -0.1) is 0 Å².